The van der Waals surface area contributed by atoms with Gasteiger partial charge in [-0.3, -0.25) is 4.79 Å². The largest absolute Gasteiger partial charge is 0.337 e. The van der Waals surface area contributed by atoms with Crippen molar-refractivity contribution in [3.63, 3.8) is 0 Å². The van der Waals surface area contributed by atoms with Gasteiger partial charge in [-0.2, -0.15) is 0 Å². The van der Waals surface area contributed by atoms with Crippen LogP contribution in [-0.4, -0.2) is 61.0 Å². The smallest absolute Gasteiger partial charge is 0.242 e. The van der Waals surface area contributed by atoms with Gasteiger partial charge < -0.3 is 15.1 Å². The number of hydrogen-bond donors (Lipinski definition) is 1. The molecule has 1 rings (SSSR count). The molecule has 17 heavy (non-hydrogen) atoms. The van der Waals surface area contributed by atoms with Crippen molar-refractivity contribution in [2.45, 2.75) is 45.2 Å². The second-order valence-electron chi connectivity index (χ2n) is 5.55. The molecule has 0 aromatic heterocycles. The molecule has 4 heteroatoms. The average molecular weight is 241 g/mol. The van der Waals surface area contributed by atoms with Crippen LogP contribution in [0, 0.1) is 0 Å². The van der Waals surface area contributed by atoms with Gasteiger partial charge in [-0.05, 0) is 47.3 Å². The zero-order valence-corrected chi connectivity index (χ0v) is 11.9. The summed E-state index contributed by atoms with van der Waals surface area (Å²) < 4.78 is 0. The lowest BCUT2D eigenvalue weighted by atomic mass is 10.0. The van der Waals surface area contributed by atoms with E-state index < -0.39 is 5.54 Å². The highest BCUT2D eigenvalue weighted by molar-refractivity contribution is 5.85. The summed E-state index contributed by atoms with van der Waals surface area (Å²) in [4.78, 5) is 16.9. The number of rotatable bonds is 3. The lowest BCUT2D eigenvalue weighted by Crippen LogP contribution is -2.56. The quantitative estimate of drug-likeness (QED) is 0.798. The van der Waals surface area contributed by atoms with Crippen molar-refractivity contribution >= 4 is 5.91 Å². The lowest BCUT2D eigenvalue weighted by Gasteiger charge is -2.36. The van der Waals surface area contributed by atoms with Crippen LogP contribution in [0.25, 0.3) is 0 Å². The van der Waals surface area contributed by atoms with Crippen LogP contribution in [0.1, 0.15) is 33.6 Å². The number of hydrogen-bond acceptors (Lipinski definition) is 3. The first-order valence-corrected chi connectivity index (χ1v) is 6.61. The van der Waals surface area contributed by atoms with Gasteiger partial charge in [0.15, 0.2) is 0 Å². The Balaban J connectivity index is 2.82. The van der Waals surface area contributed by atoms with E-state index in [1.807, 2.05) is 20.9 Å². The fraction of sp³-hybridized carbons (Fsp3) is 0.923. The fourth-order valence-corrected chi connectivity index (χ4v) is 2.33. The number of amides is 1. The van der Waals surface area contributed by atoms with Crippen LogP contribution in [0.3, 0.4) is 0 Å². The van der Waals surface area contributed by atoms with E-state index >= 15 is 0 Å². The van der Waals surface area contributed by atoms with Gasteiger partial charge in [0.1, 0.15) is 0 Å². The van der Waals surface area contributed by atoms with Gasteiger partial charge in [0.2, 0.25) is 5.91 Å². The second kappa shape index (κ2) is 5.83. The topological polar surface area (TPSA) is 35.6 Å². The van der Waals surface area contributed by atoms with E-state index in [-0.39, 0.29) is 5.91 Å². The predicted molar refractivity (Wildman–Crippen MR) is 71.0 cm³/mol. The SMILES string of the molecule is CCC1CN(C)CCCN1C(=O)C(C)(C)NC. The van der Waals surface area contributed by atoms with Gasteiger partial charge in [-0.15, -0.1) is 0 Å². The second-order valence-corrected chi connectivity index (χ2v) is 5.55. The summed E-state index contributed by atoms with van der Waals surface area (Å²) in [5.74, 6) is 0.224. The molecular formula is C13H27N3O. The van der Waals surface area contributed by atoms with Gasteiger partial charge in [0.25, 0.3) is 0 Å². The first-order valence-electron chi connectivity index (χ1n) is 6.61. The summed E-state index contributed by atoms with van der Waals surface area (Å²) in [6.45, 7) is 9.03. The minimum Gasteiger partial charge on any atom is -0.337 e. The summed E-state index contributed by atoms with van der Waals surface area (Å²) in [6, 6.07) is 0.350. The predicted octanol–water partition coefficient (Wildman–Crippen LogP) is 0.927. The monoisotopic (exact) mass is 241 g/mol. The Morgan fingerprint density at radius 1 is 1.41 bits per heavy atom. The van der Waals surface area contributed by atoms with Crippen LogP contribution in [0.2, 0.25) is 0 Å². The number of likely N-dealkylation sites (N-methyl/N-ethyl adjacent to an activating group) is 2. The van der Waals surface area contributed by atoms with Gasteiger partial charge in [-0.25, -0.2) is 0 Å². The third kappa shape index (κ3) is 3.42. The molecule has 1 aliphatic heterocycles. The van der Waals surface area contributed by atoms with Gasteiger partial charge in [-0.1, -0.05) is 6.92 Å². The Morgan fingerprint density at radius 3 is 2.59 bits per heavy atom. The molecule has 0 bridgehead atoms. The van der Waals surface area contributed by atoms with Gasteiger partial charge in [0, 0.05) is 19.1 Å². The zero-order chi connectivity index (χ0) is 13.1. The maximum absolute atomic E-state index is 12.5. The van der Waals surface area contributed by atoms with Crippen molar-refractivity contribution in [1.82, 2.24) is 15.1 Å². The molecule has 4 nitrogen and oxygen atoms in total. The van der Waals surface area contributed by atoms with Crippen LogP contribution in [-0.2, 0) is 4.79 Å². The zero-order valence-electron chi connectivity index (χ0n) is 11.9. The van der Waals surface area contributed by atoms with Crippen LogP contribution in [0.5, 0.6) is 0 Å². The number of nitrogens with one attached hydrogen (secondary N) is 1. The molecule has 0 aliphatic carbocycles. The maximum Gasteiger partial charge on any atom is 0.242 e. The van der Waals surface area contributed by atoms with E-state index in [4.69, 9.17) is 0 Å². The molecule has 1 fully saturated rings. The van der Waals surface area contributed by atoms with E-state index in [9.17, 15) is 4.79 Å². The van der Waals surface area contributed by atoms with Crippen molar-refractivity contribution < 1.29 is 4.79 Å². The highest BCUT2D eigenvalue weighted by Gasteiger charge is 2.34. The first kappa shape index (κ1) is 14.5. The number of nitrogens with zero attached hydrogens (tertiary/aromatic N) is 2. The summed E-state index contributed by atoms with van der Waals surface area (Å²) >= 11 is 0. The van der Waals surface area contributed by atoms with Crippen LogP contribution in [0.4, 0.5) is 0 Å². The van der Waals surface area contributed by atoms with Crippen molar-refractivity contribution in [3.8, 4) is 0 Å². The normalized spacial score (nSPS) is 23.6. The van der Waals surface area contributed by atoms with Gasteiger partial charge >= 0.3 is 0 Å². The molecule has 1 atom stereocenters. The molecule has 100 valence electrons. The Kier molecular flexibility index (Phi) is 4.95. The Morgan fingerprint density at radius 2 is 2.06 bits per heavy atom. The lowest BCUT2D eigenvalue weighted by molar-refractivity contribution is -0.139. The molecule has 0 spiro atoms. The third-order valence-electron chi connectivity index (χ3n) is 3.79. The van der Waals surface area contributed by atoms with Crippen LogP contribution < -0.4 is 5.32 Å². The highest BCUT2D eigenvalue weighted by Crippen LogP contribution is 2.17. The summed E-state index contributed by atoms with van der Waals surface area (Å²) in [5, 5.41) is 3.11. The Bertz CT molecular complexity index is 265. The molecule has 1 saturated heterocycles. The van der Waals surface area contributed by atoms with E-state index in [2.05, 4.69) is 29.1 Å². The fourth-order valence-electron chi connectivity index (χ4n) is 2.33. The van der Waals surface area contributed by atoms with Crippen molar-refractivity contribution in [3.05, 3.63) is 0 Å². The number of carbonyl (C=O) groups is 1. The van der Waals surface area contributed by atoms with E-state index in [0.29, 0.717) is 6.04 Å². The molecule has 1 unspecified atom stereocenters. The summed E-state index contributed by atoms with van der Waals surface area (Å²) in [7, 11) is 3.99. The maximum atomic E-state index is 12.5. The molecule has 0 aromatic carbocycles. The molecule has 0 radical (unpaired) electrons. The first-order chi connectivity index (χ1) is 7.92. The van der Waals surface area contributed by atoms with Crippen molar-refractivity contribution in [2.75, 3.05) is 33.7 Å². The molecule has 1 N–H and O–H groups in total. The van der Waals surface area contributed by atoms with Crippen molar-refractivity contribution in [2.24, 2.45) is 0 Å². The highest BCUT2D eigenvalue weighted by atomic mass is 16.2. The number of carbonyl (C=O) groups excluding carboxylic acids is 1. The molecule has 0 saturated carbocycles. The molecule has 1 heterocycles. The van der Waals surface area contributed by atoms with Crippen LogP contribution in [0.15, 0.2) is 0 Å². The Labute approximate surface area is 105 Å². The van der Waals surface area contributed by atoms with E-state index in [0.717, 1.165) is 32.5 Å². The molecular weight excluding hydrogens is 214 g/mol. The summed E-state index contributed by atoms with van der Waals surface area (Å²) in [6.07, 6.45) is 2.09. The molecule has 1 amide bonds. The molecule has 0 aromatic rings. The Hall–Kier alpha value is -0.610. The minimum atomic E-state index is -0.462. The van der Waals surface area contributed by atoms with Crippen LogP contribution >= 0.6 is 0 Å². The van der Waals surface area contributed by atoms with E-state index in [1.165, 1.54) is 0 Å². The van der Waals surface area contributed by atoms with E-state index in [1.54, 1.807) is 0 Å². The standard InChI is InChI=1S/C13H27N3O/c1-6-11-10-15(5)8-7-9-16(11)12(17)13(2,3)14-4/h11,14H,6-10H2,1-5H3. The minimum absolute atomic E-state index is 0.224. The molecule has 1 aliphatic rings. The van der Waals surface area contributed by atoms with Gasteiger partial charge in [0.05, 0.1) is 5.54 Å². The average Bonchev–Trinajstić information content (AvgIpc) is 2.49. The summed E-state index contributed by atoms with van der Waals surface area (Å²) in [5.41, 5.74) is -0.462. The third-order valence-corrected chi connectivity index (χ3v) is 3.79. The van der Waals surface area contributed by atoms with Crippen molar-refractivity contribution in [1.29, 1.82) is 0 Å².